The number of benzene rings is 3. The van der Waals surface area contributed by atoms with Gasteiger partial charge in [0.05, 0.1) is 0 Å². The van der Waals surface area contributed by atoms with Gasteiger partial charge in [-0.2, -0.15) is 0 Å². The topological polar surface area (TPSA) is 35.5 Å². The van der Waals surface area contributed by atoms with Gasteiger partial charge in [0.15, 0.2) is 0 Å². The standard InChI is InChI=1S/C25H26O3/c1-18-19(2)25(28-17-22-12-8-5-9-13-22)23(14-15-26)20(3)24(18)27-16-21-10-6-4-7-11-21/h4-13,15H,14,16-17H2,1-3H3. The number of rotatable bonds is 8. The first kappa shape index (κ1) is 19.7. The third-order valence-corrected chi connectivity index (χ3v) is 5.05. The first-order valence-electron chi connectivity index (χ1n) is 9.51. The summed E-state index contributed by atoms with van der Waals surface area (Å²) < 4.78 is 12.3. The number of aldehydes is 1. The lowest BCUT2D eigenvalue weighted by atomic mass is 9.95. The molecule has 3 aromatic rings. The van der Waals surface area contributed by atoms with Gasteiger partial charge in [0, 0.05) is 12.0 Å². The zero-order valence-corrected chi connectivity index (χ0v) is 16.7. The highest BCUT2D eigenvalue weighted by molar-refractivity contribution is 5.65. The zero-order valence-electron chi connectivity index (χ0n) is 16.7. The minimum Gasteiger partial charge on any atom is -0.488 e. The summed E-state index contributed by atoms with van der Waals surface area (Å²) >= 11 is 0. The second kappa shape index (κ2) is 9.23. The van der Waals surface area contributed by atoms with Crippen LogP contribution in [0.2, 0.25) is 0 Å². The summed E-state index contributed by atoms with van der Waals surface area (Å²) in [6.45, 7) is 7.03. The number of carbonyl (C=O) groups excluding carboxylic acids is 1. The lowest BCUT2D eigenvalue weighted by Gasteiger charge is -2.22. The predicted molar refractivity (Wildman–Crippen MR) is 112 cm³/mol. The van der Waals surface area contributed by atoms with Crippen molar-refractivity contribution in [2.45, 2.75) is 40.4 Å². The van der Waals surface area contributed by atoms with E-state index in [0.717, 1.165) is 51.2 Å². The molecule has 0 heterocycles. The molecule has 0 amide bonds. The van der Waals surface area contributed by atoms with Crippen LogP contribution in [0.1, 0.15) is 33.4 Å². The fourth-order valence-electron chi connectivity index (χ4n) is 3.36. The van der Waals surface area contributed by atoms with E-state index in [1.54, 1.807) is 0 Å². The van der Waals surface area contributed by atoms with Crippen molar-refractivity contribution < 1.29 is 14.3 Å². The molecular weight excluding hydrogens is 348 g/mol. The van der Waals surface area contributed by atoms with Crippen LogP contribution in [-0.2, 0) is 24.4 Å². The zero-order chi connectivity index (χ0) is 19.9. The van der Waals surface area contributed by atoms with Gasteiger partial charge in [-0.1, -0.05) is 60.7 Å². The SMILES string of the molecule is Cc1c(C)c(OCc2ccccc2)c(CC=O)c(C)c1OCc1ccccc1. The maximum atomic E-state index is 11.3. The Morgan fingerprint density at radius 1 is 0.679 bits per heavy atom. The molecular formula is C25H26O3. The minimum atomic E-state index is 0.304. The molecule has 3 rings (SSSR count). The van der Waals surface area contributed by atoms with Crippen molar-refractivity contribution in [1.29, 1.82) is 0 Å². The Kier molecular flexibility index (Phi) is 6.49. The Hall–Kier alpha value is -3.07. The maximum Gasteiger partial charge on any atom is 0.127 e. The first-order chi connectivity index (χ1) is 13.6. The van der Waals surface area contributed by atoms with Crippen LogP contribution in [0.5, 0.6) is 11.5 Å². The van der Waals surface area contributed by atoms with Crippen LogP contribution in [0.25, 0.3) is 0 Å². The quantitative estimate of drug-likeness (QED) is 0.488. The van der Waals surface area contributed by atoms with Crippen molar-refractivity contribution in [2.75, 3.05) is 0 Å². The van der Waals surface area contributed by atoms with E-state index in [-0.39, 0.29) is 0 Å². The molecule has 0 radical (unpaired) electrons. The van der Waals surface area contributed by atoms with E-state index < -0.39 is 0 Å². The fourth-order valence-corrected chi connectivity index (χ4v) is 3.36. The van der Waals surface area contributed by atoms with Gasteiger partial charge in [-0.3, -0.25) is 0 Å². The third kappa shape index (κ3) is 4.42. The molecule has 144 valence electrons. The van der Waals surface area contributed by atoms with Gasteiger partial charge in [-0.25, -0.2) is 0 Å². The Labute approximate surface area is 166 Å². The van der Waals surface area contributed by atoms with Gasteiger partial charge in [-0.05, 0) is 48.6 Å². The normalized spacial score (nSPS) is 10.5. The molecule has 3 heteroatoms. The third-order valence-electron chi connectivity index (χ3n) is 5.05. The molecule has 0 fully saturated rings. The molecule has 0 aliphatic rings. The highest BCUT2D eigenvalue weighted by atomic mass is 16.5. The lowest BCUT2D eigenvalue weighted by molar-refractivity contribution is -0.107. The Morgan fingerprint density at radius 2 is 1.14 bits per heavy atom. The van der Waals surface area contributed by atoms with Crippen molar-refractivity contribution in [2.24, 2.45) is 0 Å². The molecule has 0 saturated heterocycles. The van der Waals surface area contributed by atoms with Crippen molar-refractivity contribution >= 4 is 6.29 Å². The fraction of sp³-hybridized carbons (Fsp3) is 0.240. The van der Waals surface area contributed by atoms with E-state index in [0.29, 0.717) is 19.6 Å². The highest BCUT2D eigenvalue weighted by Gasteiger charge is 2.19. The van der Waals surface area contributed by atoms with Gasteiger partial charge >= 0.3 is 0 Å². The molecule has 28 heavy (non-hydrogen) atoms. The first-order valence-corrected chi connectivity index (χ1v) is 9.51. The summed E-state index contributed by atoms with van der Waals surface area (Å²) in [5.74, 6) is 1.63. The van der Waals surface area contributed by atoms with E-state index in [1.807, 2.05) is 81.4 Å². The summed E-state index contributed by atoms with van der Waals surface area (Å²) in [5.41, 5.74) is 6.14. The van der Waals surface area contributed by atoms with Crippen LogP contribution in [0.15, 0.2) is 60.7 Å². The van der Waals surface area contributed by atoms with E-state index in [9.17, 15) is 4.79 Å². The van der Waals surface area contributed by atoms with E-state index in [2.05, 4.69) is 0 Å². The summed E-state index contributed by atoms with van der Waals surface area (Å²) in [7, 11) is 0. The second-order valence-corrected chi connectivity index (χ2v) is 6.93. The minimum absolute atomic E-state index is 0.304. The van der Waals surface area contributed by atoms with Crippen LogP contribution in [-0.4, -0.2) is 6.29 Å². The molecule has 0 aromatic heterocycles. The Bertz CT molecular complexity index is 931. The van der Waals surface area contributed by atoms with E-state index in [4.69, 9.17) is 9.47 Å². The summed E-state index contributed by atoms with van der Waals surface area (Å²) in [6, 6.07) is 20.1. The molecule has 0 spiro atoms. The van der Waals surface area contributed by atoms with Crippen LogP contribution in [0.4, 0.5) is 0 Å². The van der Waals surface area contributed by atoms with Crippen LogP contribution >= 0.6 is 0 Å². The van der Waals surface area contributed by atoms with Gasteiger partial charge in [0.2, 0.25) is 0 Å². The smallest absolute Gasteiger partial charge is 0.127 e. The van der Waals surface area contributed by atoms with Crippen molar-refractivity contribution in [3.63, 3.8) is 0 Å². The molecule has 3 nitrogen and oxygen atoms in total. The highest BCUT2D eigenvalue weighted by Crippen LogP contribution is 2.38. The molecule has 0 aliphatic carbocycles. The monoisotopic (exact) mass is 374 g/mol. The van der Waals surface area contributed by atoms with Gasteiger partial charge in [-0.15, -0.1) is 0 Å². The van der Waals surface area contributed by atoms with Gasteiger partial charge < -0.3 is 14.3 Å². The van der Waals surface area contributed by atoms with Crippen LogP contribution < -0.4 is 9.47 Å². The van der Waals surface area contributed by atoms with Crippen LogP contribution in [0, 0.1) is 20.8 Å². The average molecular weight is 374 g/mol. The largest absolute Gasteiger partial charge is 0.488 e. The molecule has 0 saturated carbocycles. The lowest BCUT2D eigenvalue weighted by Crippen LogP contribution is -2.08. The number of carbonyl (C=O) groups is 1. The predicted octanol–water partition coefficient (Wildman–Crippen LogP) is 5.51. The Morgan fingerprint density at radius 3 is 1.64 bits per heavy atom. The number of hydrogen-bond acceptors (Lipinski definition) is 3. The maximum absolute atomic E-state index is 11.3. The molecule has 0 bridgehead atoms. The summed E-state index contributed by atoms with van der Waals surface area (Å²) in [5, 5.41) is 0. The van der Waals surface area contributed by atoms with E-state index in [1.165, 1.54) is 0 Å². The molecule has 0 aliphatic heterocycles. The van der Waals surface area contributed by atoms with Crippen molar-refractivity contribution in [1.82, 2.24) is 0 Å². The molecule has 0 unspecified atom stereocenters. The summed E-state index contributed by atoms with van der Waals surface area (Å²) in [6.07, 6.45) is 1.23. The molecule has 0 N–H and O–H groups in total. The number of hydrogen-bond donors (Lipinski definition) is 0. The molecule has 0 atom stereocenters. The Balaban J connectivity index is 1.91. The summed E-state index contributed by atoms with van der Waals surface area (Å²) in [4.78, 5) is 11.3. The average Bonchev–Trinajstić information content (AvgIpc) is 2.73. The van der Waals surface area contributed by atoms with Crippen molar-refractivity contribution in [3.8, 4) is 11.5 Å². The second-order valence-electron chi connectivity index (χ2n) is 6.93. The van der Waals surface area contributed by atoms with E-state index >= 15 is 0 Å². The molecule has 3 aromatic carbocycles. The van der Waals surface area contributed by atoms with Crippen LogP contribution in [0.3, 0.4) is 0 Å². The van der Waals surface area contributed by atoms with Gasteiger partial charge in [0.25, 0.3) is 0 Å². The van der Waals surface area contributed by atoms with Crippen molar-refractivity contribution in [3.05, 3.63) is 94.0 Å². The number of ether oxygens (including phenoxy) is 2. The van der Waals surface area contributed by atoms with Gasteiger partial charge in [0.1, 0.15) is 31.0 Å².